The van der Waals surface area contributed by atoms with Crippen molar-refractivity contribution in [1.29, 1.82) is 0 Å². The normalized spacial score (nSPS) is 11.7. The third kappa shape index (κ3) is 2.58. The van der Waals surface area contributed by atoms with E-state index in [9.17, 15) is 9.90 Å². The highest BCUT2D eigenvalue weighted by atomic mass is 16.5. The van der Waals surface area contributed by atoms with Gasteiger partial charge in [-0.15, -0.1) is 0 Å². The van der Waals surface area contributed by atoms with E-state index in [1.165, 1.54) is 6.07 Å². The summed E-state index contributed by atoms with van der Waals surface area (Å²) in [6, 6.07) is 17.3. The number of aliphatic imine (C=N–C) groups is 1. The number of rotatable bonds is 2. The predicted octanol–water partition coefficient (Wildman–Crippen LogP) is 4.03. The summed E-state index contributed by atoms with van der Waals surface area (Å²) in [4.78, 5) is 16.5. The first-order chi connectivity index (χ1) is 12.7. The molecular weight excluding hydrogens is 332 g/mol. The summed E-state index contributed by atoms with van der Waals surface area (Å²) in [5, 5.41) is 19.3. The molecule has 128 valence electrons. The number of hydroxylamine groups is 1. The number of carbonyl (C=O) groups excluding carboxylic acids is 1. The van der Waals surface area contributed by atoms with Crippen molar-refractivity contribution < 1.29 is 19.8 Å². The molecule has 0 spiro atoms. The van der Waals surface area contributed by atoms with Gasteiger partial charge in [0.25, 0.3) is 5.91 Å². The van der Waals surface area contributed by atoms with Gasteiger partial charge in [0.05, 0.1) is 0 Å². The number of nitrogens with one attached hydrogen (secondary N) is 1. The third-order valence-corrected chi connectivity index (χ3v) is 4.15. The van der Waals surface area contributed by atoms with Crippen LogP contribution in [0.5, 0.6) is 17.2 Å². The van der Waals surface area contributed by atoms with Gasteiger partial charge in [0, 0.05) is 17.3 Å². The molecule has 1 heterocycles. The van der Waals surface area contributed by atoms with Crippen LogP contribution in [0.25, 0.3) is 11.1 Å². The number of benzene rings is 3. The predicted molar refractivity (Wildman–Crippen MR) is 96.6 cm³/mol. The van der Waals surface area contributed by atoms with Crippen LogP contribution in [0.1, 0.15) is 15.9 Å². The van der Waals surface area contributed by atoms with Crippen LogP contribution in [0.3, 0.4) is 0 Å². The van der Waals surface area contributed by atoms with Crippen molar-refractivity contribution in [3.8, 4) is 28.4 Å². The molecule has 3 aromatic carbocycles. The zero-order valence-corrected chi connectivity index (χ0v) is 13.5. The molecule has 0 fully saturated rings. The summed E-state index contributed by atoms with van der Waals surface area (Å²) < 4.78 is 5.90. The number of para-hydroxylation sites is 2. The maximum Gasteiger partial charge on any atom is 0.275 e. The van der Waals surface area contributed by atoms with Crippen molar-refractivity contribution in [3.63, 3.8) is 0 Å². The average Bonchev–Trinajstić information content (AvgIpc) is 2.88. The third-order valence-electron chi connectivity index (χ3n) is 4.15. The molecular formula is C20H14N2O4. The molecule has 0 radical (unpaired) electrons. The highest BCUT2D eigenvalue weighted by Gasteiger charge is 2.21. The number of hydrogen-bond acceptors (Lipinski definition) is 5. The first-order valence-corrected chi connectivity index (χ1v) is 7.90. The molecule has 0 saturated carbocycles. The van der Waals surface area contributed by atoms with E-state index >= 15 is 0 Å². The average molecular weight is 346 g/mol. The quantitative estimate of drug-likeness (QED) is 0.377. The maximum absolute atomic E-state index is 12.0. The van der Waals surface area contributed by atoms with Crippen LogP contribution in [0.2, 0.25) is 0 Å². The molecule has 0 bridgehead atoms. The fourth-order valence-electron chi connectivity index (χ4n) is 2.93. The summed E-state index contributed by atoms with van der Waals surface area (Å²) in [6.45, 7) is 0. The number of amides is 1. The van der Waals surface area contributed by atoms with Gasteiger partial charge in [-0.25, -0.2) is 5.48 Å². The number of ether oxygens (including phenoxy) is 1. The molecule has 0 aromatic heterocycles. The molecule has 0 unspecified atom stereocenters. The Labute approximate surface area is 149 Å². The van der Waals surface area contributed by atoms with E-state index in [0.717, 1.165) is 0 Å². The summed E-state index contributed by atoms with van der Waals surface area (Å²) in [7, 11) is 0. The summed E-state index contributed by atoms with van der Waals surface area (Å²) in [5.74, 6) is 0.125. The van der Waals surface area contributed by atoms with Crippen LogP contribution < -0.4 is 10.2 Å². The molecule has 3 aromatic rings. The molecule has 1 aliphatic heterocycles. The summed E-state index contributed by atoms with van der Waals surface area (Å²) >= 11 is 0. The zero-order valence-electron chi connectivity index (χ0n) is 13.5. The van der Waals surface area contributed by atoms with Crippen LogP contribution in [-0.2, 0) is 0 Å². The van der Waals surface area contributed by atoms with Gasteiger partial charge in [0.15, 0.2) is 17.2 Å². The minimum absolute atomic E-state index is 0.0315. The Kier molecular flexibility index (Phi) is 3.87. The maximum atomic E-state index is 12.0. The van der Waals surface area contributed by atoms with Crippen LogP contribution in [-0.4, -0.2) is 22.4 Å². The van der Waals surface area contributed by atoms with Crippen molar-refractivity contribution in [1.82, 2.24) is 5.48 Å². The Morgan fingerprint density at radius 3 is 2.58 bits per heavy atom. The van der Waals surface area contributed by atoms with E-state index in [1.54, 1.807) is 48.1 Å². The molecule has 4 rings (SSSR count). The van der Waals surface area contributed by atoms with Crippen LogP contribution in [0, 0.1) is 0 Å². The topological polar surface area (TPSA) is 91.2 Å². The van der Waals surface area contributed by atoms with Gasteiger partial charge in [-0.05, 0) is 41.5 Å². The number of hydrogen-bond donors (Lipinski definition) is 3. The van der Waals surface area contributed by atoms with E-state index in [-0.39, 0.29) is 17.1 Å². The highest BCUT2D eigenvalue weighted by Crippen LogP contribution is 2.44. The molecule has 6 heteroatoms. The summed E-state index contributed by atoms with van der Waals surface area (Å²) in [6.07, 6.45) is 1.60. The Bertz CT molecular complexity index is 1040. The van der Waals surface area contributed by atoms with Gasteiger partial charge < -0.3 is 9.84 Å². The number of carbonyl (C=O) groups is 1. The lowest BCUT2D eigenvalue weighted by Gasteiger charge is -2.15. The Hall–Kier alpha value is -3.64. The molecule has 0 aliphatic carbocycles. The van der Waals surface area contributed by atoms with Crippen LogP contribution in [0.4, 0.5) is 5.69 Å². The van der Waals surface area contributed by atoms with E-state index in [4.69, 9.17) is 9.94 Å². The van der Waals surface area contributed by atoms with Gasteiger partial charge in [0.1, 0.15) is 5.69 Å². The van der Waals surface area contributed by atoms with Crippen molar-refractivity contribution in [2.75, 3.05) is 0 Å². The molecule has 26 heavy (non-hydrogen) atoms. The molecule has 1 amide bonds. The smallest absolute Gasteiger partial charge is 0.275 e. The molecule has 6 nitrogen and oxygen atoms in total. The fraction of sp³-hybridized carbons (Fsp3) is 0. The number of aromatic hydroxyl groups is 1. The molecule has 0 saturated heterocycles. The van der Waals surface area contributed by atoms with E-state index < -0.39 is 5.91 Å². The lowest BCUT2D eigenvalue weighted by atomic mass is 9.94. The number of fused-ring (bicyclic) bond motifs is 2. The van der Waals surface area contributed by atoms with Crippen LogP contribution in [0.15, 0.2) is 65.7 Å². The minimum Gasteiger partial charge on any atom is -0.504 e. The number of phenolic OH excluding ortho intramolecular Hbond substituents is 1. The molecule has 3 N–H and O–H groups in total. The second-order valence-electron chi connectivity index (χ2n) is 5.69. The van der Waals surface area contributed by atoms with Gasteiger partial charge in [0.2, 0.25) is 0 Å². The van der Waals surface area contributed by atoms with Crippen LogP contribution >= 0.6 is 0 Å². The Morgan fingerprint density at radius 1 is 0.962 bits per heavy atom. The van der Waals surface area contributed by atoms with E-state index in [0.29, 0.717) is 28.1 Å². The first-order valence-electron chi connectivity index (χ1n) is 7.90. The highest BCUT2D eigenvalue weighted by molar-refractivity contribution is 6.04. The second-order valence-corrected chi connectivity index (χ2v) is 5.69. The Morgan fingerprint density at radius 2 is 1.73 bits per heavy atom. The summed E-state index contributed by atoms with van der Waals surface area (Å²) in [5.41, 5.74) is 4.35. The fourth-order valence-corrected chi connectivity index (χ4v) is 2.93. The zero-order chi connectivity index (χ0) is 18.1. The van der Waals surface area contributed by atoms with Crippen molar-refractivity contribution >= 4 is 17.8 Å². The van der Waals surface area contributed by atoms with Gasteiger partial charge in [-0.2, -0.15) is 0 Å². The van der Waals surface area contributed by atoms with Crippen molar-refractivity contribution in [2.45, 2.75) is 0 Å². The van der Waals surface area contributed by atoms with E-state index in [2.05, 4.69) is 4.99 Å². The lowest BCUT2D eigenvalue weighted by Crippen LogP contribution is -2.19. The van der Waals surface area contributed by atoms with Crippen molar-refractivity contribution in [3.05, 3.63) is 71.8 Å². The lowest BCUT2D eigenvalue weighted by molar-refractivity contribution is 0.0707. The van der Waals surface area contributed by atoms with E-state index in [1.807, 2.05) is 18.2 Å². The van der Waals surface area contributed by atoms with Crippen molar-refractivity contribution in [2.24, 2.45) is 4.99 Å². The standard InChI is InChI=1S/C20H14N2O4/c23-17-10-9-13(12-5-1-2-6-14(12)20(24)22-25)15-11-21-16-7-3-4-8-18(16)26-19(15)17/h1-11,23,25H,(H,22,24). The minimum atomic E-state index is -0.628. The second kappa shape index (κ2) is 6.34. The first kappa shape index (κ1) is 15.9. The molecule has 0 atom stereocenters. The Balaban J connectivity index is 1.95. The number of phenols is 1. The van der Waals surface area contributed by atoms with Gasteiger partial charge in [-0.1, -0.05) is 30.3 Å². The number of nitrogens with zero attached hydrogens (tertiary/aromatic N) is 1. The largest absolute Gasteiger partial charge is 0.504 e. The van der Waals surface area contributed by atoms with Gasteiger partial charge in [-0.3, -0.25) is 15.0 Å². The van der Waals surface area contributed by atoms with Gasteiger partial charge >= 0.3 is 0 Å². The molecule has 1 aliphatic rings. The SMILES string of the molecule is O=C(NO)c1ccccc1-c1ccc(O)c2c1C=Nc1ccccc1O2. The monoisotopic (exact) mass is 346 g/mol.